The SMILES string of the molecule is CCOC1CC(O)C12CCN(Cc1c(Cl)nc3ccccn13)CC2. The normalized spacial score (nSPS) is 26.8. The lowest BCUT2D eigenvalue weighted by molar-refractivity contribution is -0.210. The number of rotatable bonds is 4. The quantitative estimate of drug-likeness (QED) is 0.922. The number of imidazole rings is 1. The molecule has 1 aliphatic carbocycles. The van der Waals surface area contributed by atoms with E-state index in [2.05, 4.69) is 14.3 Å². The van der Waals surface area contributed by atoms with Gasteiger partial charge < -0.3 is 14.2 Å². The molecule has 2 atom stereocenters. The fraction of sp³-hybridized carbons (Fsp3) is 0.611. The highest BCUT2D eigenvalue weighted by molar-refractivity contribution is 6.30. The predicted octanol–water partition coefficient (Wildman–Crippen LogP) is 2.74. The third-order valence-corrected chi connectivity index (χ3v) is 6.15. The Morgan fingerprint density at radius 2 is 2.17 bits per heavy atom. The topological polar surface area (TPSA) is 50.0 Å². The first-order valence-corrected chi connectivity index (χ1v) is 9.15. The van der Waals surface area contributed by atoms with E-state index in [0.29, 0.717) is 5.15 Å². The molecule has 0 radical (unpaired) electrons. The molecule has 5 nitrogen and oxygen atoms in total. The summed E-state index contributed by atoms with van der Waals surface area (Å²) in [6, 6.07) is 5.94. The Morgan fingerprint density at radius 3 is 2.88 bits per heavy atom. The number of piperidine rings is 1. The first-order valence-electron chi connectivity index (χ1n) is 8.77. The number of halogens is 1. The van der Waals surface area contributed by atoms with Gasteiger partial charge in [0.25, 0.3) is 0 Å². The Labute approximate surface area is 147 Å². The van der Waals surface area contributed by atoms with Gasteiger partial charge in [-0.05, 0) is 45.0 Å². The summed E-state index contributed by atoms with van der Waals surface area (Å²) in [5.74, 6) is 0. The number of pyridine rings is 1. The maximum absolute atomic E-state index is 10.3. The van der Waals surface area contributed by atoms with Crippen molar-refractivity contribution in [3.63, 3.8) is 0 Å². The smallest absolute Gasteiger partial charge is 0.152 e. The van der Waals surface area contributed by atoms with Crippen molar-refractivity contribution in [3.05, 3.63) is 35.2 Å². The largest absolute Gasteiger partial charge is 0.392 e. The zero-order valence-electron chi connectivity index (χ0n) is 14.0. The van der Waals surface area contributed by atoms with Crippen LogP contribution in [0.5, 0.6) is 0 Å². The fourth-order valence-electron chi connectivity index (χ4n) is 4.32. The number of aromatic nitrogens is 2. The zero-order chi connectivity index (χ0) is 16.7. The molecule has 24 heavy (non-hydrogen) atoms. The average Bonchev–Trinajstić information content (AvgIpc) is 2.91. The summed E-state index contributed by atoms with van der Waals surface area (Å²) in [6.07, 6.45) is 4.76. The lowest BCUT2D eigenvalue weighted by Crippen LogP contribution is -2.62. The summed E-state index contributed by atoms with van der Waals surface area (Å²) >= 11 is 6.35. The van der Waals surface area contributed by atoms with Crippen molar-refractivity contribution in [1.29, 1.82) is 0 Å². The Kier molecular flexibility index (Phi) is 4.29. The monoisotopic (exact) mass is 349 g/mol. The molecule has 1 saturated heterocycles. The second kappa shape index (κ2) is 6.30. The summed E-state index contributed by atoms with van der Waals surface area (Å²) < 4.78 is 7.91. The van der Waals surface area contributed by atoms with Gasteiger partial charge in [-0.15, -0.1) is 0 Å². The van der Waals surface area contributed by atoms with Gasteiger partial charge in [-0.25, -0.2) is 4.98 Å². The summed E-state index contributed by atoms with van der Waals surface area (Å²) in [5.41, 5.74) is 1.89. The molecule has 2 unspecified atom stereocenters. The van der Waals surface area contributed by atoms with Crippen LogP contribution in [0.4, 0.5) is 0 Å². The number of fused-ring (bicyclic) bond motifs is 1. The molecule has 1 aliphatic heterocycles. The van der Waals surface area contributed by atoms with Crippen molar-refractivity contribution in [2.75, 3.05) is 19.7 Å². The highest BCUT2D eigenvalue weighted by atomic mass is 35.5. The molecular formula is C18H24ClN3O2. The third kappa shape index (κ3) is 2.54. The van der Waals surface area contributed by atoms with Crippen molar-refractivity contribution in [3.8, 4) is 0 Å². The van der Waals surface area contributed by atoms with Gasteiger partial charge in [0.2, 0.25) is 0 Å². The van der Waals surface area contributed by atoms with E-state index in [4.69, 9.17) is 16.3 Å². The molecule has 0 bridgehead atoms. The standard InChI is InChI=1S/C18H24ClN3O2/c1-2-24-15-11-14(23)18(15)6-9-21(10-7-18)12-13-17(19)20-16-5-3-4-8-22(13)16/h3-5,8,14-15,23H,2,6-7,9-12H2,1H3. The summed E-state index contributed by atoms with van der Waals surface area (Å²) in [5, 5.41) is 10.9. The van der Waals surface area contributed by atoms with E-state index in [1.165, 1.54) is 0 Å². The second-order valence-corrected chi connectivity index (χ2v) is 7.34. The van der Waals surface area contributed by atoms with Gasteiger partial charge in [0.05, 0.1) is 17.9 Å². The lowest BCUT2D eigenvalue weighted by atomic mass is 9.58. The summed E-state index contributed by atoms with van der Waals surface area (Å²) in [6.45, 7) is 5.45. The molecule has 2 aromatic rings. The molecule has 2 aromatic heterocycles. The maximum atomic E-state index is 10.3. The van der Waals surface area contributed by atoms with Crippen LogP contribution in [0.1, 0.15) is 31.9 Å². The maximum Gasteiger partial charge on any atom is 0.152 e. The van der Waals surface area contributed by atoms with E-state index in [1.807, 2.05) is 31.3 Å². The molecule has 2 fully saturated rings. The number of nitrogens with zero attached hydrogens (tertiary/aromatic N) is 3. The minimum Gasteiger partial charge on any atom is -0.392 e. The van der Waals surface area contributed by atoms with Crippen molar-refractivity contribution in [2.45, 2.75) is 44.9 Å². The molecule has 1 N–H and O–H groups in total. The molecule has 6 heteroatoms. The molecule has 130 valence electrons. The zero-order valence-corrected chi connectivity index (χ0v) is 14.7. The molecule has 3 heterocycles. The predicted molar refractivity (Wildman–Crippen MR) is 93.2 cm³/mol. The molecule has 1 saturated carbocycles. The Morgan fingerprint density at radius 1 is 1.38 bits per heavy atom. The summed E-state index contributed by atoms with van der Waals surface area (Å²) in [4.78, 5) is 6.83. The second-order valence-electron chi connectivity index (χ2n) is 6.98. The molecule has 1 spiro atoms. The third-order valence-electron chi connectivity index (χ3n) is 5.85. The first-order chi connectivity index (χ1) is 11.6. The van der Waals surface area contributed by atoms with Gasteiger partial charge >= 0.3 is 0 Å². The van der Waals surface area contributed by atoms with E-state index in [1.54, 1.807) is 0 Å². The van der Waals surface area contributed by atoms with E-state index in [0.717, 1.165) is 56.8 Å². The van der Waals surface area contributed by atoms with Gasteiger partial charge in [-0.2, -0.15) is 0 Å². The van der Waals surface area contributed by atoms with E-state index >= 15 is 0 Å². The van der Waals surface area contributed by atoms with Crippen LogP contribution in [0.2, 0.25) is 5.15 Å². The van der Waals surface area contributed by atoms with Crippen LogP contribution in [-0.2, 0) is 11.3 Å². The Bertz CT molecular complexity index is 722. The minimum absolute atomic E-state index is 0.0320. The van der Waals surface area contributed by atoms with Crippen LogP contribution in [-0.4, -0.2) is 51.3 Å². The van der Waals surface area contributed by atoms with Crippen LogP contribution in [0, 0.1) is 5.41 Å². The van der Waals surface area contributed by atoms with Crippen molar-refractivity contribution < 1.29 is 9.84 Å². The number of hydrogen-bond acceptors (Lipinski definition) is 4. The van der Waals surface area contributed by atoms with Crippen LogP contribution >= 0.6 is 11.6 Å². The number of likely N-dealkylation sites (tertiary alicyclic amines) is 1. The first kappa shape index (κ1) is 16.3. The van der Waals surface area contributed by atoms with E-state index < -0.39 is 0 Å². The fourth-order valence-corrected chi connectivity index (χ4v) is 4.55. The van der Waals surface area contributed by atoms with Crippen LogP contribution in [0.3, 0.4) is 0 Å². The van der Waals surface area contributed by atoms with Crippen molar-refractivity contribution in [2.24, 2.45) is 5.41 Å². The van der Waals surface area contributed by atoms with Gasteiger partial charge in [-0.3, -0.25) is 4.90 Å². The molecular weight excluding hydrogens is 326 g/mol. The molecule has 2 aliphatic rings. The van der Waals surface area contributed by atoms with Crippen LogP contribution in [0.25, 0.3) is 5.65 Å². The van der Waals surface area contributed by atoms with E-state index in [-0.39, 0.29) is 17.6 Å². The van der Waals surface area contributed by atoms with Crippen LogP contribution < -0.4 is 0 Å². The Balaban J connectivity index is 1.46. The van der Waals surface area contributed by atoms with Gasteiger partial charge in [0.15, 0.2) is 5.15 Å². The number of aliphatic hydroxyl groups is 1. The highest BCUT2D eigenvalue weighted by Gasteiger charge is 2.55. The highest BCUT2D eigenvalue weighted by Crippen LogP contribution is 2.51. The number of hydrogen-bond donors (Lipinski definition) is 1. The van der Waals surface area contributed by atoms with Crippen molar-refractivity contribution in [1.82, 2.24) is 14.3 Å². The van der Waals surface area contributed by atoms with Crippen molar-refractivity contribution >= 4 is 17.2 Å². The van der Waals surface area contributed by atoms with E-state index in [9.17, 15) is 5.11 Å². The minimum atomic E-state index is -0.212. The number of ether oxygens (including phenoxy) is 1. The molecule has 4 rings (SSSR count). The average molecular weight is 350 g/mol. The van der Waals surface area contributed by atoms with Crippen LogP contribution in [0.15, 0.2) is 24.4 Å². The summed E-state index contributed by atoms with van der Waals surface area (Å²) in [7, 11) is 0. The molecule has 0 amide bonds. The Hall–Kier alpha value is -1.14. The molecule has 0 aromatic carbocycles. The lowest BCUT2D eigenvalue weighted by Gasteiger charge is -2.56. The van der Waals surface area contributed by atoms with Gasteiger partial charge in [0, 0.05) is 31.2 Å². The van der Waals surface area contributed by atoms with Gasteiger partial charge in [-0.1, -0.05) is 17.7 Å². The number of aliphatic hydroxyl groups excluding tert-OH is 1. The van der Waals surface area contributed by atoms with Gasteiger partial charge in [0.1, 0.15) is 5.65 Å².